The van der Waals surface area contributed by atoms with Gasteiger partial charge in [-0.05, 0) is 26.0 Å². The molecule has 0 unspecified atom stereocenters. The summed E-state index contributed by atoms with van der Waals surface area (Å²) in [6.45, 7) is 3.70. The predicted molar refractivity (Wildman–Crippen MR) is 101 cm³/mol. The normalized spacial score (nSPS) is 15.7. The number of nitrogens with zero attached hydrogens (tertiary/aromatic N) is 2. The number of ether oxygens (including phenoxy) is 1. The second kappa shape index (κ2) is 6.49. The molecule has 0 spiro atoms. The van der Waals surface area contributed by atoms with Gasteiger partial charge in [0.15, 0.2) is 9.84 Å². The summed E-state index contributed by atoms with van der Waals surface area (Å²) >= 11 is 0. The fraction of sp³-hybridized carbons (Fsp3) is 0.333. The lowest BCUT2D eigenvalue weighted by Crippen LogP contribution is -2.18. The summed E-state index contributed by atoms with van der Waals surface area (Å²) in [5.41, 5.74) is 2.66. The highest BCUT2D eigenvalue weighted by atomic mass is 32.2. The Kier molecular flexibility index (Phi) is 4.26. The predicted octanol–water partition coefficient (Wildman–Crippen LogP) is 3.10. The summed E-state index contributed by atoms with van der Waals surface area (Å²) in [4.78, 5) is 11.7. The topological polar surface area (TPSA) is 97.0 Å². The number of rotatable bonds is 4. The van der Waals surface area contributed by atoms with Gasteiger partial charge in [-0.15, -0.1) is 0 Å². The van der Waals surface area contributed by atoms with Crippen LogP contribution in [0.25, 0.3) is 11.0 Å². The van der Waals surface area contributed by atoms with E-state index in [1.54, 1.807) is 6.07 Å². The molecule has 0 bridgehead atoms. The maximum Gasteiger partial charge on any atom is 0.154 e. The van der Waals surface area contributed by atoms with Crippen molar-refractivity contribution in [2.75, 3.05) is 11.1 Å². The summed E-state index contributed by atoms with van der Waals surface area (Å²) in [6, 6.07) is 4.19. The molecular formula is C18H19FN4O3S. The Morgan fingerprint density at radius 3 is 2.89 bits per heavy atom. The average Bonchev–Trinajstić information content (AvgIpc) is 2.94. The molecule has 1 aliphatic heterocycles. The van der Waals surface area contributed by atoms with E-state index >= 15 is 0 Å². The number of halogens is 1. The van der Waals surface area contributed by atoms with Gasteiger partial charge in [-0.1, -0.05) is 0 Å². The third-order valence-corrected chi connectivity index (χ3v) is 5.92. The molecule has 4 rings (SSSR count). The van der Waals surface area contributed by atoms with Crippen molar-refractivity contribution in [3.8, 4) is 5.75 Å². The number of fused-ring (bicyclic) bond motifs is 3. The number of aryl methyl sites for hydroxylation is 1. The van der Waals surface area contributed by atoms with Gasteiger partial charge in [-0.2, -0.15) is 0 Å². The van der Waals surface area contributed by atoms with E-state index in [9.17, 15) is 12.8 Å². The second-order valence-corrected chi connectivity index (χ2v) is 8.99. The number of aromatic nitrogens is 3. The molecule has 2 N–H and O–H groups in total. The smallest absolute Gasteiger partial charge is 0.154 e. The van der Waals surface area contributed by atoms with Crippen LogP contribution >= 0.6 is 0 Å². The second-order valence-electron chi connectivity index (χ2n) is 6.80. The minimum absolute atomic E-state index is 0.0524. The average molecular weight is 390 g/mol. The number of anilines is 2. The summed E-state index contributed by atoms with van der Waals surface area (Å²) < 4.78 is 43.5. The Labute approximate surface area is 155 Å². The zero-order chi connectivity index (χ0) is 19.2. The first-order chi connectivity index (χ1) is 12.8. The van der Waals surface area contributed by atoms with Crippen LogP contribution in [-0.2, 0) is 22.0 Å². The largest absolute Gasteiger partial charge is 0.489 e. The Bertz CT molecular complexity index is 1130. The van der Waals surface area contributed by atoms with Crippen LogP contribution in [0.15, 0.2) is 24.5 Å². The van der Waals surface area contributed by atoms with Gasteiger partial charge >= 0.3 is 0 Å². The molecule has 0 aliphatic carbocycles. The van der Waals surface area contributed by atoms with Crippen molar-refractivity contribution in [3.05, 3.63) is 41.6 Å². The Balaban J connectivity index is 1.81. The van der Waals surface area contributed by atoms with Gasteiger partial charge in [-0.3, -0.25) is 0 Å². The third-order valence-electron chi connectivity index (χ3n) is 4.37. The molecule has 3 aromatic rings. The Morgan fingerprint density at radius 2 is 2.11 bits per heavy atom. The third kappa shape index (κ3) is 3.46. The van der Waals surface area contributed by atoms with Crippen molar-refractivity contribution in [2.45, 2.75) is 32.1 Å². The van der Waals surface area contributed by atoms with Crippen LogP contribution in [0.5, 0.6) is 5.75 Å². The first-order valence-electron chi connectivity index (χ1n) is 8.60. The monoisotopic (exact) mass is 390 g/mol. The number of H-pyrrole nitrogens is 1. The van der Waals surface area contributed by atoms with Crippen molar-refractivity contribution < 1.29 is 17.5 Å². The van der Waals surface area contributed by atoms with Crippen molar-refractivity contribution >= 4 is 32.4 Å². The maximum absolute atomic E-state index is 13.6. The van der Waals surface area contributed by atoms with E-state index in [0.29, 0.717) is 40.3 Å². The molecule has 9 heteroatoms. The molecule has 142 valence electrons. The molecule has 0 fully saturated rings. The van der Waals surface area contributed by atoms with Gasteiger partial charge in [0.25, 0.3) is 0 Å². The molecule has 27 heavy (non-hydrogen) atoms. The molecule has 0 saturated heterocycles. The van der Waals surface area contributed by atoms with Gasteiger partial charge in [-0.25, -0.2) is 22.8 Å². The SMILES string of the molecule is CC(C)Oc1cc(F)ccc1Nc1ncnc2[nH]c3c(c12)CS(=O)(=O)CC3. The van der Waals surface area contributed by atoms with E-state index in [4.69, 9.17) is 4.74 Å². The Hall–Kier alpha value is -2.68. The van der Waals surface area contributed by atoms with Gasteiger partial charge < -0.3 is 15.0 Å². The van der Waals surface area contributed by atoms with Crippen LogP contribution in [-0.4, -0.2) is 35.2 Å². The van der Waals surface area contributed by atoms with E-state index in [0.717, 1.165) is 5.69 Å². The molecule has 0 saturated carbocycles. The van der Waals surface area contributed by atoms with Crippen LogP contribution < -0.4 is 10.1 Å². The summed E-state index contributed by atoms with van der Waals surface area (Å²) in [5, 5.41) is 3.79. The lowest BCUT2D eigenvalue weighted by molar-refractivity contribution is 0.243. The zero-order valence-corrected chi connectivity index (χ0v) is 15.7. The standard InChI is InChI=1S/C18H19FN4O3S/c1-10(2)26-15-7-11(19)3-4-14(15)23-18-16-12-8-27(24,25)6-5-13(12)22-17(16)20-9-21-18/h3-4,7,9-10H,5-6,8H2,1-2H3,(H2,20,21,22,23). The lowest BCUT2D eigenvalue weighted by atomic mass is 10.1. The maximum atomic E-state index is 13.6. The molecule has 0 amide bonds. The van der Waals surface area contributed by atoms with Gasteiger partial charge in [0.05, 0.1) is 28.7 Å². The van der Waals surface area contributed by atoms with Gasteiger partial charge in [0, 0.05) is 23.7 Å². The fourth-order valence-corrected chi connectivity index (χ4v) is 4.65. The van der Waals surface area contributed by atoms with E-state index in [-0.39, 0.29) is 17.6 Å². The van der Waals surface area contributed by atoms with E-state index in [1.807, 2.05) is 13.8 Å². The Morgan fingerprint density at radius 1 is 1.30 bits per heavy atom. The number of sulfone groups is 1. The molecule has 7 nitrogen and oxygen atoms in total. The minimum atomic E-state index is -3.15. The fourth-order valence-electron chi connectivity index (χ4n) is 3.23. The van der Waals surface area contributed by atoms with Crippen LogP contribution in [0.4, 0.5) is 15.9 Å². The van der Waals surface area contributed by atoms with E-state index < -0.39 is 15.7 Å². The highest BCUT2D eigenvalue weighted by molar-refractivity contribution is 7.90. The van der Waals surface area contributed by atoms with Crippen LogP contribution in [0.1, 0.15) is 25.1 Å². The zero-order valence-electron chi connectivity index (χ0n) is 14.9. The van der Waals surface area contributed by atoms with Gasteiger partial charge in [0.2, 0.25) is 0 Å². The lowest BCUT2D eigenvalue weighted by Gasteiger charge is -2.16. The number of nitrogens with one attached hydrogen (secondary N) is 2. The van der Waals surface area contributed by atoms with Crippen molar-refractivity contribution in [2.24, 2.45) is 0 Å². The molecule has 3 heterocycles. The first kappa shape index (κ1) is 17.7. The molecule has 0 atom stereocenters. The number of aromatic amines is 1. The molecule has 0 radical (unpaired) electrons. The van der Waals surface area contributed by atoms with Gasteiger partial charge in [0.1, 0.15) is 29.4 Å². The molecule has 1 aliphatic rings. The van der Waals surface area contributed by atoms with Crippen LogP contribution in [0, 0.1) is 5.82 Å². The van der Waals surface area contributed by atoms with E-state index in [1.165, 1.54) is 18.5 Å². The van der Waals surface area contributed by atoms with Crippen molar-refractivity contribution in [1.82, 2.24) is 15.0 Å². The van der Waals surface area contributed by atoms with E-state index in [2.05, 4.69) is 20.3 Å². The summed E-state index contributed by atoms with van der Waals surface area (Å²) in [7, 11) is -3.15. The first-order valence-corrected chi connectivity index (χ1v) is 10.4. The summed E-state index contributed by atoms with van der Waals surface area (Å²) in [5.74, 6) is 0.467. The summed E-state index contributed by atoms with van der Waals surface area (Å²) in [6.07, 6.45) is 1.68. The molecule has 2 aromatic heterocycles. The van der Waals surface area contributed by atoms with Crippen LogP contribution in [0.3, 0.4) is 0 Å². The van der Waals surface area contributed by atoms with Crippen molar-refractivity contribution in [1.29, 1.82) is 0 Å². The quantitative estimate of drug-likeness (QED) is 0.711. The number of hydrogen-bond acceptors (Lipinski definition) is 6. The highest BCUT2D eigenvalue weighted by Crippen LogP contribution is 2.35. The van der Waals surface area contributed by atoms with Crippen molar-refractivity contribution in [3.63, 3.8) is 0 Å². The number of benzene rings is 1. The molecular weight excluding hydrogens is 371 g/mol. The number of hydrogen-bond donors (Lipinski definition) is 2. The van der Waals surface area contributed by atoms with Crippen LogP contribution in [0.2, 0.25) is 0 Å². The highest BCUT2D eigenvalue weighted by Gasteiger charge is 2.27. The minimum Gasteiger partial charge on any atom is -0.489 e. The molecule has 1 aromatic carbocycles.